The molecule has 4 aromatic carbocycles. The molecule has 0 fully saturated rings. The lowest BCUT2D eigenvalue weighted by atomic mass is 9.77. The van der Waals surface area contributed by atoms with Gasteiger partial charge in [0.1, 0.15) is 17.1 Å². The maximum Gasteiger partial charge on any atom is 0.213 e. The average molecular weight is 552 g/mol. The van der Waals surface area contributed by atoms with Gasteiger partial charge in [-0.1, -0.05) is 91.0 Å². The molecule has 0 aliphatic rings. The van der Waals surface area contributed by atoms with Gasteiger partial charge in [0.25, 0.3) is 0 Å². The van der Waals surface area contributed by atoms with Crippen LogP contribution in [-0.4, -0.2) is 14.8 Å². The average Bonchev–Trinajstić information content (AvgIpc) is 3.29. The van der Waals surface area contributed by atoms with Crippen molar-refractivity contribution in [3.8, 4) is 11.3 Å². The Morgan fingerprint density at radius 1 is 0.676 bits per heavy atom. The van der Waals surface area contributed by atoms with Crippen LogP contribution >= 0.6 is 15.9 Å². The molecule has 6 rings (SSSR count). The third-order valence-electron chi connectivity index (χ3n) is 6.61. The highest BCUT2D eigenvalue weighted by molar-refractivity contribution is 9.10. The summed E-state index contributed by atoms with van der Waals surface area (Å²) in [6.45, 7) is 0. The lowest BCUT2D eigenvalue weighted by Gasteiger charge is -2.37. The summed E-state index contributed by atoms with van der Waals surface area (Å²) < 4.78 is 31.5. The normalized spacial score (nSPS) is 11.6. The number of aromatic nitrogens is 3. The van der Waals surface area contributed by atoms with Crippen molar-refractivity contribution in [2.75, 3.05) is 0 Å². The summed E-state index contributed by atoms with van der Waals surface area (Å²) in [5.74, 6) is -1.02. The van der Waals surface area contributed by atoms with Gasteiger partial charge in [0, 0.05) is 29.3 Å². The lowest BCUT2D eigenvalue weighted by molar-refractivity contribution is 0.476. The predicted octanol–water partition coefficient (Wildman–Crippen LogP) is 7.98. The first-order valence-electron chi connectivity index (χ1n) is 11.8. The molecule has 0 bridgehead atoms. The summed E-state index contributed by atoms with van der Waals surface area (Å²) in [5, 5.41) is 5.81. The van der Waals surface area contributed by atoms with Crippen LogP contribution in [-0.2, 0) is 5.54 Å². The molecule has 0 saturated carbocycles. The molecular weight excluding hydrogens is 532 g/mol. The van der Waals surface area contributed by atoms with Gasteiger partial charge in [0.05, 0.1) is 9.99 Å². The van der Waals surface area contributed by atoms with Crippen molar-refractivity contribution in [1.29, 1.82) is 0 Å². The maximum atomic E-state index is 15.1. The Kier molecular flexibility index (Phi) is 5.89. The molecule has 0 N–H and O–H groups in total. The molecule has 0 radical (unpaired) electrons. The molecular formula is C31H20BrF2N3. The zero-order valence-electron chi connectivity index (χ0n) is 19.5. The van der Waals surface area contributed by atoms with E-state index >= 15 is 4.39 Å². The van der Waals surface area contributed by atoms with Gasteiger partial charge in [-0.15, -0.1) is 0 Å². The second-order valence-electron chi connectivity index (χ2n) is 8.72. The second-order valence-corrected chi connectivity index (χ2v) is 9.57. The Morgan fingerprint density at radius 3 is 1.73 bits per heavy atom. The van der Waals surface area contributed by atoms with Crippen LogP contribution in [0.4, 0.5) is 8.78 Å². The first-order chi connectivity index (χ1) is 18.1. The van der Waals surface area contributed by atoms with Gasteiger partial charge < -0.3 is 0 Å². The van der Waals surface area contributed by atoms with Gasteiger partial charge in [0.15, 0.2) is 0 Å². The zero-order valence-corrected chi connectivity index (χ0v) is 21.1. The molecule has 0 amide bonds. The molecule has 0 aliphatic heterocycles. The maximum absolute atomic E-state index is 15.1. The highest BCUT2D eigenvalue weighted by Gasteiger charge is 2.41. The van der Waals surface area contributed by atoms with Gasteiger partial charge in [-0.2, -0.15) is 9.49 Å². The summed E-state index contributed by atoms with van der Waals surface area (Å²) in [4.78, 5) is 3.70. The first kappa shape index (κ1) is 23.3. The third kappa shape index (κ3) is 3.85. The number of fused-ring (bicyclic) bond motifs is 1. The summed E-state index contributed by atoms with van der Waals surface area (Å²) in [6, 6.07) is 36.3. The van der Waals surface area contributed by atoms with Crippen LogP contribution in [0.15, 0.2) is 126 Å². The second kappa shape index (κ2) is 9.37. The standard InChI is InChI=1S/C31H20BrF2N3/c32-26-19-25-28(20-27(26)33)37(36-30(25)21-16-17-35-29(34)18-21)31(22-10-4-1-5-11-22,23-12-6-2-7-13-23)24-14-8-3-9-15-24/h1-20H. The van der Waals surface area contributed by atoms with Crippen molar-refractivity contribution >= 4 is 26.8 Å². The molecule has 3 nitrogen and oxygen atoms in total. The van der Waals surface area contributed by atoms with E-state index in [0.29, 0.717) is 26.6 Å². The van der Waals surface area contributed by atoms with Crippen molar-refractivity contribution in [2.45, 2.75) is 5.54 Å². The fourth-order valence-electron chi connectivity index (χ4n) is 5.03. The fraction of sp³-hybridized carbons (Fsp3) is 0.0323. The molecule has 0 spiro atoms. The third-order valence-corrected chi connectivity index (χ3v) is 7.22. The summed E-state index contributed by atoms with van der Waals surface area (Å²) in [5.41, 5.74) is 3.56. The molecule has 0 saturated heterocycles. The fourth-order valence-corrected chi connectivity index (χ4v) is 5.38. The topological polar surface area (TPSA) is 30.7 Å². The Balaban J connectivity index is 1.82. The number of hydrogen-bond acceptors (Lipinski definition) is 2. The molecule has 0 atom stereocenters. The van der Waals surface area contributed by atoms with Crippen molar-refractivity contribution in [2.24, 2.45) is 0 Å². The van der Waals surface area contributed by atoms with E-state index in [1.54, 1.807) is 12.1 Å². The monoisotopic (exact) mass is 551 g/mol. The van der Waals surface area contributed by atoms with Crippen LogP contribution in [0.5, 0.6) is 0 Å². The highest BCUT2D eigenvalue weighted by Crippen LogP contribution is 2.44. The van der Waals surface area contributed by atoms with Crippen molar-refractivity contribution < 1.29 is 8.78 Å². The van der Waals surface area contributed by atoms with Gasteiger partial charge >= 0.3 is 0 Å². The minimum Gasteiger partial charge on any atom is -0.245 e. The number of halogens is 3. The van der Waals surface area contributed by atoms with Crippen molar-refractivity contribution in [3.63, 3.8) is 0 Å². The van der Waals surface area contributed by atoms with Gasteiger partial charge in [-0.3, -0.25) is 0 Å². The summed E-state index contributed by atoms with van der Waals surface area (Å²) in [7, 11) is 0. The van der Waals surface area contributed by atoms with Crippen molar-refractivity contribution in [3.05, 3.63) is 154 Å². The summed E-state index contributed by atoms with van der Waals surface area (Å²) >= 11 is 3.33. The van der Waals surface area contributed by atoms with Gasteiger partial charge in [-0.05, 0) is 44.8 Å². The van der Waals surface area contributed by atoms with Crippen LogP contribution in [0.1, 0.15) is 16.7 Å². The van der Waals surface area contributed by atoms with Crippen LogP contribution in [0.3, 0.4) is 0 Å². The lowest BCUT2D eigenvalue weighted by Crippen LogP contribution is -2.38. The predicted molar refractivity (Wildman–Crippen MR) is 145 cm³/mol. The number of hydrogen-bond donors (Lipinski definition) is 0. The van der Waals surface area contributed by atoms with Crippen LogP contribution in [0, 0.1) is 11.8 Å². The molecule has 6 heteroatoms. The largest absolute Gasteiger partial charge is 0.245 e. The minimum atomic E-state index is -0.952. The SMILES string of the molecule is Fc1cc(-c2nn(C(c3ccccc3)(c3ccccc3)c3ccccc3)c3cc(F)c(Br)cc23)ccn1. The molecule has 180 valence electrons. The Bertz CT molecular complexity index is 1600. The molecule has 0 unspecified atom stereocenters. The molecule has 0 aliphatic carbocycles. The van der Waals surface area contributed by atoms with E-state index in [4.69, 9.17) is 5.10 Å². The van der Waals surface area contributed by atoms with E-state index in [0.717, 1.165) is 16.7 Å². The Labute approximate surface area is 221 Å². The molecule has 2 aromatic heterocycles. The summed E-state index contributed by atoms with van der Waals surface area (Å²) in [6.07, 6.45) is 1.41. The van der Waals surface area contributed by atoms with E-state index in [2.05, 4.69) is 57.3 Å². The first-order valence-corrected chi connectivity index (χ1v) is 12.5. The molecule has 37 heavy (non-hydrogen) atoms. The van der Waals surface area contributed by atoms with E-state index in [1.165, 1.54) is 18.3 Å². The highest BCUT2D eigenvalue weighted by atomic mass is 79.9. The van der Waals surface area contributed by atoms with E-state index in [-0.39, 0.29) is 0 Å². The van der Waals surface area contributed by atoms with Gasteiger partial charge in [-0.25, -0.2) is 14.1 Å². The Hall–Kier alpha value is -4.16. The molecule has 6 aromatic rings. The zero-order chi connectivity index (χ0) is 25.4. The Morgan fingerprint density at radius 2 is 1.22 bits per heavy atom. The van der Waals surface area contributed by atoms with Crippen molar-refractivity contribution in [1.82, 2.24) is 14.8 Å². The van der Waals surface area contributed by atoms with Crippen LogP contribution in [0.2, 0.25) is 0 Å². The number of nitrogens with zero attached hydrogens (tertiary/aromatic N) is 3. The van der Waals surface area contributed by atoms with Crippen LogP contribution < -0.4 is 0 Å². The van der Waals surface area contributed by atoms with E-state index < -0.39 is 17.3 Å². The minimum absolute atomic E-state index is 0.306. The number of rotatable bonds is 5. The van der Waals surface area contributed by atoms with Crippen LogP contribution in [0.25, 0.3) is 22.2 Å². The number of pyridine rings is 1. The number of benzene rings is 4. The van der Waals surface area contributed by atoms with E-state index in [1.807, 2.05) is 59.3 Å². The van der Waals surface area contributed by atoms with Gasteiger partial charge in [0.2, 0.25) is 5.95 Å². The smallest absolute Gasteiger partial charge is 0.213 e. The quantitative estimate of drug-likeness (QED) is 0.160. The molecule has 2 heterocycles. The van der Waals surface area contributed by atoms with E-state index in [9.17, 15) is 4.39 Å².